The summed E-state index contributed by atoms with van der Waals surface area (Å²) in [6.45, 7) is 1.05. The second kappa shape index (κ2) is 2.29. The van der Waals surface area contributed by atoms with Crippen LogP contribution in [0.5, 0.6) is 0 Å². The Hall–Kier alpha value is -0.900. The van der Waals surface area contributed by atoms with E-state index in [1.54, 1.807) is 0 Å². The van der Waals surface area contributed by atoms with E-state index >= 15 is 0 Å². The van der Waals surface area contributed by atoms with Gasteiger partial charge >= 0.3 is 0 Å². The topological polar surface area (TPSA) is 40.0 Å². The van der Waals surface area contributed by atoms with Gasteiger partial charge in [0.15, 0.2) is 0 Å². The summed E-state index contributed by atoms with van der Waals surface area (Å²) in [6.07, 6.45) is 5.97. The second-order valence-corrected chi connectivity index (χ2v) is 3.64. The quantitative estimate of drug-likeness (QED) is 0.585. The molecule has 1 aliphatic carbocycles. The molecule has 2 heterocycles. The van der Waals surface area contributed by atoms with Gasteiger partial charge in [0, 0.05) is 6.54 Å². The third-order valence-corrected chi connectivity index (χ3v) is 2.95. The Bertz CT molecular complexity index is 258. The average Bonchev–Trinajstić information content (AvgIpc) is 2.52. The molecule has 0 spiro atoms. The van der Waals surface area contributed by atoms with Crippen molar-refractivity contribution in [1.82, 2.24) is 10.5 Å². The molecule has 1 fully saturated rings. The summed E-state index contributed by atoms with van der Waals surface area (Å²) >= 11 is 0. The van der Waals surface area contributed by atoms with Gasteiger partial charge in [0.05, 0.1) is 5.70 Å². The molecule has 0 amide bonds. The van der Waals surface area contributed by atoms with Crippen LogP contribution in [-0.2, 0) is 0 Å². The highest BCUT2D eigenvalue weighted by molar-refractivity contribution is 5.17. The van der Waals surface area contributed by atoms with Crippen LogP contribution in [0.3, 0.4) is 0 Å². The van der Waals surface area contributed by atoms with Crippen LogP contribution < -0.4 is 5.43 Å². The number of allylic oxidation sites excluding steroid dienone is 1. The SMILES string of the molecule is C1=C2N=NN3NCCC(CC1)C23. The number of hydrogen-bond acceptors (Lipinski definition) is 4. The molecular weight excluding hydrogens is 152 g/mol. The van der Waals surface area contributed by atoms with Gasteiger partial charge in [-0.25, -0.2) is 10.5 Å². The van der Waals surface area contributed by atoms with Crippen LogP contribution in [0.25, 0.3) is 0 Å². The summed E-state index contributed by atoms with van der Waals surface area (Å²) in [5.41, 5.74) is 4.42. The first kappa shape index (κ1) is 6.60. The summed E-state index contributed by atoms with van der Waals surface area (Å²) in [7, 11) is 0. The van der Waals surface area contributed by atoms with Crippen molar-refractivity contribution in [3.8, 4) is 0 Å². The van der Waals surface area contributed by atoms with Gasteiger partial charge in [-0.1, -0.05) is 11.3 Å². The highest BCUT2D eigenvalue weighted by atomic mass is 15.8. The normalized spacial score (nSPS) is 38.0. The number of hydrogen-bond donors (Lipinski definition) is 1. The fourth-order valence-corrected chi connectivity index (χ4v) is 2.34. The van der Waals surface area contributed by atoms with Crippen molar-refractivity contribution in [1.29, 1.82) is 0 Å². The highest BCUT2D eigenvalue weighted by Gasteiger charge is 2.39. The summed E-state index contributed by atoms with van der Waals surface area (Å²) in [6, 6.07) is 0.451. The first-order valence-corrected chi connectivity index (χ1v) is 4.59. The van der Waals surface area contributed by atoms with Gasteiger partial charge < -0.3 is 0 Å². The maximum absolute atomic E-state index is 4.15. The molecule has 4 nitrogen and oxygen atoms in total. The molecule has 64 valence electrons. The van der Waals surface area contributed by atoms with E-state index in [1.807, 2.05) is 5.12 Å². The van der Waals surface area contributed by atoms with Crippen LogP contribution in [0.2, 0.25) is 0 Å². The van der Waals surface area contributed by atoms with Crippen molar-refractivity contribution >= 4 is 0 Å². The summed E-state index contributed by atoms with van der Waals surface area (Å²) in [4.78, 5) is 0. The zero-order valence-corrected chi connectivity index (χ0v) is 6.90. The summed E-state index contributed by atoms with van der Waals surface area (Å²) in [5.74, 6) is 0.779. The predicted octanol–water partition coefficient (Wildman–Crippen LogP) is 1.24. The minimum Gasteiger partial charge on any atom is -0.216 e. The Labute approximate surface area is 71.3 Å². The van der Waals surface area contributed by atoms with Gasteiger partial charge in [0.25, 0.3) is 0 Å². The molecule has 3 rings (SSSR count). The van der Waals surface area contributed by atoms with E-state index in [9.17, 15) is 0 Å². The Morgan fingerprint density at radius 2 is 2.50 bits per heavy atom. The van der Waals surface area contributed by atoms with Gasteiger partial charge in [-0.2, -0.15) is 0 Å². The molecule has 2 aliphatic heterocycles. The third kappa shape index (κ3) is 0.756. The maximum Gasteiger partial charge on any atom is 0.112 e. The number of nitrogens with zero attached hydrogens (tertiary/aromatic N) is 3. The van der Waals surface area contributed by atoms with E-state index < -0.39 is 0 Å². The minimum absolute atomic E-state index is 0.451. The molecule has 1 N–H and O–H groups in total. The monoisotopic (exact) mass is 164 g/mol. The zero-order valence-electron chi connectivity index (χ0n) is 6.90. The molecule has 0 aromatic rings. The van der Waals surface area contributed by atoms with Crippen LogP contribution in [0, 0.1) is 5.92 Å². The molecule has 4 heteroatoms. The maximum atomic E-state index is 4.15. The Morgan fingerprint density at radius 1 is 1.50 bits per heavy atom. The lowest BCUT2D eigenvalue weighted by atomic mass is 9.84. The fraction of sp³-hybridized carbons (Fsp3) is 0.750. The molecule has 0 saturated carbocycles. The smallest absolute Gasteiger partial charge is 0.112 e. The lowest BCUT2D eigenvalue weighted by Crippen LogP contribution is -2.50. The number of rotatable bonds is 0. The lowest BCUT2D eigenvalue weighted by molar-refractivity contribution is 0.0697. The first-order valence-electron chi connectivity index (χ1n) is 4.59. The van der Waals surface area contributed by atoms with E-state index in [4.69, 9.17) is 0 Å². The first-order chi connectivity index (χ1) is 5.95. The van der Waals surface area contributed by atoms with Gasteiger partial charge in [-0.15, -0.1) is 5.11 Å². The fourth-order valence-electron chi connectivity index (χ4n) is 2.34. The van der Waals surface area contributed by atoms with Gasteiger partial charge in [0.1, 0.15) is 6.04 Å². The van der Waals surface area contributed by atoms with Crippen molar-refractivity contribution < 1.29 is 0 Å². The minimum atomic E-state index is 0.451. The Morgan fingerprint density at radius 3 is 3.50 bits per heavy atom. The molecule has 1 saturated heterocycles. The van der Waals surface area contributed by atoms with Crippen molar-refractivity contribution in [2.45, 2.75) is 25.3 Å². The van der Waals surface area contributed by atoms with E-state index in [0.29, 0.717) is 6.04 Å². The highest BCUT2D eigenvalue weighted by Crippen LogP contribution is 2.36. The molecule has 0 aromatic heterocycles. The molecule has 2 unspecified atom stereocenters. The van der Waals surface area contributed by atoms with E-state index in [2.05, 4.69) is 21.8 Å². The molecular formula is C8H12N4. The van der Waals surface area contributed by atoms with Crippen molar-refractivity contribution in [3.63, 3.8) is 0 Å². The van der Waals surface area contributed by atoms with Crippen LogP contribution >= 0.6 is 0 Å². The predicted molar refractivity (Wildman–Crippen MR) is 43.9 cm³/mol. The van der Waals surface area contributed by atoms with Crippen LogP contribution in [-0.4, -0.2) is 17.7 Å². The van der Waals surface area contributed by atoms with Crippen molar-refractivity contribution in [2.75, 3.05) is 6.54 Å². The zero-order chi connectivity index (χ0) is 7.97. The Balaban J connectivity index is 1.98. The van der Waals surface area contributed by atoms with Gasteiger partial charge in [-0.05, 0) is 25.2 Å². The molecule has 0 radical (unpaired) electrons. The van der Waals surface area contributed by atoms with Crippen LogP contribution in [0.4, 0.5) is 0 Å². The largest absolute Gasteiger partial charge is 0.216 e. The lowest BCUT2D eigenvalue weighted by Gasteiger charge is -2.36. The number of hydrazine groups is 1. The summed E-state index contributed by atoms with van der Waals surface area (Å²) < 4.78 is 0. The summed E-state index contributed by atoms with van der Waals surface area (Å²) in [5, 5.41) is 10.2. The molecule has 12 heavy (non-hydrogen) atoms. The van der Waals surface area contributed by atoms with E-state index in [1.165, 1.54) is 25.0 Å². The van der Waals surface area contributed by atoms with Crippen molar-refractivity contribution in [3.05, 3.63) is 11.8 Å². The number of nitrogens with one attached hydrogen (secondary N) is 1. The molecule has 3 aliphatic rings. The van der Waals surface area contributed by atoms with E-state index in [0.717, 1.165) is 12.5 Å². The van der Waals surface area contributed by atoms with Gasteiger partial charge in [-0.3, -0.25) is 0 Å². The second-order valence-electron chi connectivity index (χ2n) is 3.64. The van der Waals surface area contributed by atoms with Crippen LogP contribution in [0.1, 0.15) is 19.3 Å². The standard InChI is InChI=1S/C8H12N4/c1-2-6-4-5-9-12-8(6)7(3-1)10-11-12/h3,6,8-9H,1-2,4-5H2. The molecule has 2 atom stereocenters. The average molecular weight is 164 g/mol. The molecule has 0 bridgehead atoms. The van der Waals surface area contributed by atoms with Crippen molar-refractivity contribution in [2.24, 2.45) is 16.3 Å². The Kier molecular flexibility index (Phi) is 1.26. The third-order valence-electron chi connectivity index (χ3n) is 2.95. The molecule has 0 aromatic carbocycles. The van der Waals surface area contributed by atoms with Crippen LogP contribution in [0.15, 0.2) is 22.1 Å². The van der Waals surface area contributed by atoms with E-state index in [-0.39, 0.29) is 0 Å². The van der Waals surface area contributed by atoms with Gasteiger partial charge in [0.2, 0.25) is 0 Å².